The second-order valence-corrected chi connectivity index (χ2v) is 8.21. The molecule has 1 fully saturated rings. The summed E-state index contributed by atoms with van der Waals surface area (Å²) in [5.74, 6) is -1.37. The maximum absolute atomic E-state index is 13.1. The predicted octanol–water partition coefficient (Wildman–Crippen LogP) is 5.08. The molecule has 0 spiro atoms. The molecule has 31 heavy (non-hydrogen) atoms. The number of hydrogen-bond donors (Lipinski definition) is 1. The van der Waals surface area contributed by atoms with E-state index in [1.54, 1.807) is 36.4 Å². The van der Waals surface area contributed by atoms with E-state index in [1.165, 1.54) is 22.5 Å². The largest absolute Gasteiger partial charge is 0.507 e. The number of rotatable bonds is 4. The fourth-order valence-electron chi connectivity index (χ4n) is 3.78. The molecule has 5 rings (SSSR count). The van der Waals surface area contributed by atoms with Crippen LogP contribution in [0.25, 0.3) is 16.0 Å². The number of aliphatic hydroxyl groups is 1. The summed E-state index contributed by atoms with van der Waals surface area (Å²) < 4.78 is 6.51. The van der Waals surface area contributed by atoms with Gasteiger partial charge in [0.05, 0.1) is 22.1 Å². The summed E-state index contributed by atoms with van der Waals surface area (Å²) in [4.78, 5) is 32.1. The predicted molar refractivity (Wildman–Crippen MR) is 119 cm³/mol. The molecule has 1 aliphatic heterocycles. The van der Waals surface area contributed by atoms with Gasteiger partial charge in [0.1, 0.15) is 17.6 Å². The van der Waals surface area contributed by atoms with Crippen LogP contribution in [0.4, 0.5) is 5.13 Å². The highest BCUT2D eigenvalue weighted by atomic mass is 32.1. The fourth-order valence-corrected chi connectivity index (χ4v) is 4.83. The number of aliphatic hydroxyl groups excluding tert-OH is 1. The highest BCUT2D eigenvalue weighted by Crippen LogP contribution is 2.44. The number of ketones is 1. The van der Waals surface area contributed by atoms with Crippen molar-refractivity contribution in [2.24, 2.45) is 0 Å². The van der Waals surface area contributed by atoms with E-state index in [2.05, 4.69) is 11.9 Å². The second-order valence-electron chi connectivity index (χ2n) is 7.20. The molecule has 6 nitrogen and oxygen atoms in total. The number of Topliss-reactive ketones (excluding diaryl/α,β-unsaturated/α-hetero) is 1. The smallest absolute Gasteiger partial charge is 0.302 e. The quantitative estimate of drug-likeness (QED) is 0.277. The Hall–Kier alpha value is -3.71. The van der Waals surface area contributed by atoms with Gasteiger partial charge in [0.15, 0.2) is 5.13 Å². The molecule has 0 saturated carbocycles. The van der Waals surface area contributed by atoms with Crippen LogP contribution in [0.1, 0.15) is 29.9 Å². The zero-order valence-electron chi connectivity index (χ0n) is 16.6. The molecule has 0 radical (unpaired) electrons. The van der Waals surface area contributed by atoms with E-state index in [0.29, 0.717) is 16.5 Å². The summed E-state index contributed by atoms with van der Waals surface area (Å²) in [7, 11) is 0. The molecule has 0 aliphatic carbocycles. The zero-order chi connectivity index (χ0) is 21.5. The minimum absolute atomic E-state index is 0.0142. The Bertz CT molecular complexity index is 1320. The van der Waals surface area contributed by atoms with Crippen LogP contribution in [0, 0.1) is 0 Å². The summed E-state index contributed by atoms with van der Waals surface area (Å²) in [6.45, 7) is 2.07. The Morgan fingerprint density at radius 2 is 1.94 bits per heavy atom. The summed E-state index contributed by atoms with van der Waals surface area (Å²) >= 11 is 1.34. The lowest BCUT2D eigenvalue weighted by molar-refractivity contribution is -0.132. The third kappa shape index (κ3) is 3.14. The number of thiazole rings is 1. The number of carbonyl (C=O) groups is 2. The molecular weight excluding hydrogens is 412 g/mol. The Morgan fingerprint density at radius 1 is 1.13 bits per heavy atom. The average molecular weight is 430 g/mol. The van der Waals surface area contributed by atoms with Crippen LogP contribution in [-0.4, -0.2) is 21.8 Å². The second kappa shape index (κ2) is 7.52. The summed E-state index contributed by atoms with van der Waals surface area (Å²) in [6, 6.07) is 17.1. The minimum atomic E-state index is -0.901. The maximum atomic E-state index is 13.1. The Kier molecular flexibility index (Phi) is 4.67. The molecule has 0 bridgehead atoms. The van der Waals surface area contributed by atoms with Crippen molar-refractivity contribution in [2.45, 2.75) is 19.4 Å². The van der Waals surface area contributed by atoms with Crippen molar-refractivity contribution in [1.82, 2.24) is 4.98 Å². The molecule has 3 heterocycles. The number of aromatic nitrogens is 1. The number of nitrogens with zero attached hydrogens (tertiary/aromatic N) is 2. The third-order valence-corrected chi connectivity index (χ3v) is 6.38. The van der Waals surface area contributed by atoms with E-state index in [0.717, 1.165) is 22.2 Å². The molecule has 2 aromatic carbocycles. The van der Waals surface area contributed by atoms with Gasteiger partial charge in [-0.2, -0.15) is 0 Å². The number of benzene rings is 2. The number of fused-ring (bicyclic) bond motifs is 1. The first-order valence-corrected chi connectivity index (χ1v) is 10.7. The molecule has 7 heteroatoms. The van der Waals surface area contributed by atoms with Crippen molar-refractivity contribution in [1.29, 1.82) is 0 Å². The van der Waals surface area contributed by atoms with E-state index in [-0.39, 0.29) is 11.3 Å². The topological polar surface area (TPSA) is 83.6 Å². The van der Waals surface area contributed by atoms with Gasteiger partial charge in [0, 0.05) is 5.56 Å². The van der Waals surface area contributed by atoms with Gasteiger partial charge in [-0.25, -0.2) is 4.98 Å². The number of carbonyl (C=O) groups excluding carboxylic acids is 2. The Balaban J connectivity index is 1.70. The van der Waals surface area contributed by atoms with Gasteiger partial charge in [-0.3, -0.25) is 14.5 Å². The van der Waals surface area contributed by atoms with E-state index < -0.39 is 17.7 Å². The van der Waals surface area contributed by atoms with Gasteiger partial charge >= 0.3 is 5.91 Å². The lowest BCUT2D eigenvalue weighted by Crippen LogP contribution is -2.29. The third-order valence-electron chi connectivity index (χ3n) is 5.36. The number of furan rings is 1. The summed E-state index contributed by atoms with van der Waals surface area (Å²) in [6.07, 6.45) is 2.36. The molecule has 154 valence electrons. The van der Waals surface area contributed by atoms with Crippen molar-refractivity contribution in [3.63, 3.8) is 0 Å². The first-order valence-electron chi connectivity index (χ1n) is 9.87. The van der Waals surface area contributed by atoms with Gasteiger partial charge in [-0.1, -0.05) is 54.7 Å². The first kappa shape index (κ1) is 19.3. The molecule has 4 aromatic rings. The molecule has 1 aliphatic rings. The van der Waals surface area contributed by atoms with Gasteiger partial charge in [-0.15, -0.1) is 0 Å². The molecule has 1 N–H and O–H groups in total. The van der Waals surface area contributed by atoms with E-state index in [1.807, 2.05) is 24.3 Å². The fraction of sp³-hybridized carbons (Fsp3) is 0.125. The number of hydrogen-bond acceptors (Lipinski definition) is 6. The highest BCUT2D eigenvalue weighted by molar-refractivity contribution is 7.22. The highest BCUT2D eigenvalue weighted by Gasteiger charge is 2.49. The van der Waals surface area contributed by atoms with Gasteiger partial charge < -0.3 is 9.52 Å². The van der Waals surface area contributed by atoms with Gasteiger partial charge in [0.2, 0.25) is 0 Å². The van der Waals surface area contributed by atoms with E-state index in [4.69, 9.17) is 4.42 Å². The van der Waals surface area contributed by atoms with E-state index >= 15 is 0 Å². The van der Waals surface area contributed by atoms with Crippen LogP contribution in [-0.2, 0) is 16.0 Å². The minimum Gasteiger partial charge on any atom is -0.507 e. The number of amides is 1. The number of anilines is 1. The van der Waals surface area contributed by atoms with Gasteiger partial charge in [-0.05, 0) is 36.2 Å². The maximum Gasteiger partial charge on any atom is 0.302 e. The normalized spacial score (nSPS) is 18.2. The van der Waals surface area contributed by atoms with Crippen molar-refractivity contribution in [3.05, 3.63) is 89.4 Å². The monoisotopic (exact) mass is 430 g/mol. The SMILES string of the molecule is CCc1ccc2nc(N3C(=O)C(=O)C(=C(O)c4ccccc4)[C@H]3c3ccco3)sc2c1. The standard InChI is InChI=1S/C24H18N2O4S/c1-2-14-10-11-16-18(13-14)31-24(25-16)26-20(17-9-6-12-30-17)19(22(28)23(26)29)21(27)15-7-4-3-5-8-15/h3-13,20,27H,2H2,1H3/t20-/m1/s1. The molecule has 2 aromatic heterocycles. The van der Waals surface area contributed by atoms with Crippen molar-refractivity contribution in [3.8, 4) is 0 Å². The van der Waals surface area contributed by atoms with Crippen molar-refractivity contribution >= 4 is 44.1 Å². The molecular formula is C24H18N2O4S. The Morgan fingerprint density at radius 3 is 2.65 bits per heavy atom. The van der Waals surface area contributed by atoms with Crippen LogP contribution >= 0.6 is 11.3 Å². The summed E-state index contributed by atoms with van der Waals surface area (Å²) in [5.41, 5.74) is 2.35. The van der Waals surface area contributed by atoms with Crippen LogP contribution in [0.5, 0.6) is 0 Å². The van der Waals surface area contributed by atoms with Crippen LogP contribution in [0.15, 0.2) is 76.9 Å². The number of aryl methyl sites for hydroxylation is 1. The van der Waals surface area contributed by atoms with Crippen molar-refractivity contribution in [2.75, 3.05) is 4.90 Å². The Labute approximate surface area is 182 Å². The molecule has 0 unspecified atom stereocenters. The lowest BCUT2D eigenvalue weighted by atomic mass is 9.99. The molecule has 1 saturated heterocycles. The zero-order valence-corrected chi connectivity index (χ0v) is 17.4. The van der Waals surface area contributed by atoms with Gasteiger partial charge in [0.25, 0.3) is 5.78 Å². The lowest BCUT2D eigenvalue weighted by Gasteiger charge is -2.20. The van der Waals surface area contributed by atoms with Crippen LogP contribution in [0.2, 0.25) is 0 Å². The molecule has 1 atom stereocenters. The van der Waals surface area contributed by atoms with Crippen molar-refractivity contribution < 1.29 is 19.1 Å². The van der Waals surface area contributed by atoms with Crippen LogP contribution in [0.3, 0.4) is 0 Å². The summed E-state index contributed by atoms with van der Waals surface area (Å²) in [5, 5.41) is 11.4. The first-order chi connectivity index (χ1) is 15.1. The van der Waals surface area contributed by atoms with E-state index in [9.17, 15) is 14.7 Å². The average Bonchev–Trinajstić information content (AvgIpc) is 3.52. The molecule has 1 amide bonds. The van der Waals surface area contributed by atoms with Crippen LogP contribution < -0.4 is 4.90 Å².